The highest BCUT2D eigenvalue weighted by molar-refractivity contribution is 6.02. The van der Waals surface area contributed by atoms with Crippen LogP contribution in [0.4, 0.5) is 4.39 Å². The molecule has 0 aromatic carbocycles. The van der Waals surface area contributed by atoms with Gasteiger partial charge in [-0.25, -0.2) is 4.39 Å². The van der Waals surface area contributed by atoms with Crippen LogP contribution in [0.5, 0.6) is 0 Å². The van der Waals surface area contributed by atoms with E-state index in [0.29, 0.717) is 0 Å². The Morgan fingerprint density at radius 1 is 1.30 bits per heavy atom. The van der Waals surface area contributed by atoms with Gasteiger partial charge in [-0.05, 0) is 49.8 Å². The van der Waals surface area contributed by atoms with Gasteiger partial charge in [-0.3, -0.25) is 14.4 Å². The van der Waals surface area contributed by atoms with Crippen molar-refractivity contribution in [2.45, 2.75) is 64.3 Å². The molecule has 180 valence electrons. The molecule has 0 heterocycles. The van der Waals surface area contributed by atoms with Gasteiger partial charge >= 0.3 is 5.97 Å². The van der Waals surface area contributed by atoms with Gasteiger partial charge < -0.3 is 20.1 Å². The fraction of sp³-hybridized carbons (Fsp3) is 0.640. The molecule has 8 heteroatoms. The number of fused-ring (bicyclic) bond motifs is 5. The normalized spacial score (nSPS) is 46.0. The van der Waals surface area contributed by atoms with Crippen LogP contribution >= 0.6 is 0 Å². The zero-order valence-corrected chi connectivity index (χ0v) is 19.3. The SMILES string of the molecule is CCC(=O)OC1=C[C@H]2[C@@H]3CC(C)[C@](O)(C(=O)CO)[C@@]3(C)CC(O)[C@]2(F)[C@@]2(C)C=CC(=O)C=C12. The second kappa shape index (κ2) is 7.42. The van der Waals surface area contributed by atoms with Crippen molar-refractivity contribution >= 4 is 17.5 Å². The Morgan fingerprint density at radius 2 is 1.97 bits per heavy atom. The van der Waals surface area contributed by atoms with Gasteiger partial charge in [-0.15, -0.1) is 0 Å². The van der Waals surface area contributed by atoms with E-state index in [1.807, 2.05) is 0 Å². The van der Waals surface area contributed by atoms with Crippen LogP contribution < -0.4 is 0 Å². The molecule has 4 aliphatic carbocycles. The van der Waals surface area contributed by atoms with Crippen LogP contribution in [-0.4, -0.2) is 56.8 Å². The van der Waals surface area contributed by atoms with E-state index in [4.69, 9.17) is 4.74 Å². The Labute approximate surface area is 192 Å². The number of hydrogen-bond acceptors (Lipinski definition) is 7. The molecule has 33 heavy (non-hydrogen) atoms. The summed E-state index contributed by atoms with van der Waals surface area (Å²) in [7, 11) is 0. The van der Waals surface area contributed by atoms with Crippen molar-refractivity contribution < 1.29 is 38.8 Å². The van der Waals surface area contributed by atoms with Gasteiger partial charge in [0.2, 0.25) is 0 Å². The van der Waals surface area contributed by atoms with Crippen molar-refractivity contribution in [1.82, 2.24) is 0 Å². The predicted molar refractivity (Wildman–Crippen MR) is 115 cm³/mol. The smallest absolute Gasteiger partial charge is 0.310 e. The van der Waals surface area contributed by atoms with Crippen molar-refractivity contribution in [2.75, 3.05) is 6.61 Å². The predicted octanol–water partition coefficient (Wildman–Crippen LogP) is 1.95. The summed E-state index contributed by atoms with van der Waals surface area (Å²) in [6.45, 7) is 5.65. The monoisotopic (exact) mass is 462 g/mol. The third-order valence-electron chi connectivity index (χ3n) is 8.93. The zero-order valence-electron chi connectivity index (χ0n) is 19.3. The maximum absolute atomic E-state index is 17.3. The van der Waals surface area contributed by atoms with Crippen LogP contribution in [0.2, 0.25) is 0 Å². The van der Waals surface area contributed by atoms with E-state index in [2.05, 4.69) is 0 Å². The molecule has 0 radical (unpaired) electrons. The van der Waals surface area contributed by atoms with Gasteiger partial charge in [0.05, 0.1) is 11.5 Å². The van der Waals surface area contributed by atoms with E-state index in [9.17, 15) is 29.7 Å². The summed E-state index contributed by atoms with van der Waals surface area (Å²) in [5, 5.41) is 32.4. The number of halogens is 1. The molecule has 2 unspecified atom stereocenters. The highest BCUT2D eigenvalue weighted by Gasteiger charge is 2.75. The van der Waals surface area contributed by atoms with Crippen LogP contribution in [0, 0.1) is 28.6 Å². The number of Topliss-reactive ketones (excluding diaryl/α,β-unsaturated/α-hetero) is 1. The molecule has 4 aliphatic rings. The van der Waals surface area contributed by atoms with Crippen LogP contribution in [0.15, 0.2) is 35.6 Å². The van der Waals surface area contributed by atoms with E-state index in [1.165, 1.54) is 24.3 Å². The Balaban J connectivity index is 1.94. The van der Waals surface area contributed by atoms with E-state index in [1.54, 1.807) is 27.7 Å². The fourth-order valence-electron chi connectivity index (χ4n) is 7.09. The minimum atomic E-state index is -2.28. The molecular weight excluding hydrogens is 431 g/mol. The number of aliphatic hydroxyl groups excluding tert-OH is 2. The van der Waals surface area contributed by atoms with Crippen molar-refractivity contribution in [3.8, 4) is 0 Å². The summed E-state index contributed by atoms with van der Waals surface area (Å²) >= 11 is 0. The lowest BCUT2D eigenvalue weighted by Gasteiger charge is -2.61. The quantitative estimate of drug-likeness (QED) is 0.546. The Hall–Kier alpha value is -2.16. The number of carbonyl (C=O) groups is 3. The molecule has 0 amide bonds. The Morgan fingerprint density at radius 3 is 2.58 bits per heavy atom. The molecule has 0 saturated heterocycles. The third kappa shape index (κ3) is 2.80. The summed E-state index contributed by atoms with van der Waals surface area (Å²) in [5.74, 6) is -3.83. The lowest BCUT2D eigenvalue weighted by molar-refractivity contribution is -0.206. The van der Waals surface area contributed by atoms with Gasteiger partial charge in [0.15, 0.2) is 17.2 Å². The average molecular weight is 463 g/mol. The number of ketones is 2. The number of ether oxygens (including phenoxy) is 1. The first-order valence-electron chi connectivity index (χ1n) is 11.4. The highest BCUT2D eigenvalue weighted by Crippen LogP contribution is 2.70. The van der Waals surface area contributed by atoms with Gasteiger partial charge in [0, 0.05) is 23.3 Å². The Kier molecular flexibility index (Phi) is 5.39. The van der Waals surface area contributed by atoms with E-state index >= 15 is 4.39 Å². The van der Waals surface area contributed by atoms with E-state index in [0.717, 1.165) is 0 Å². The molecule has 2 saturated carbocycles. The second-order valence-corrected chi connectivity index (χ2v) is 10.4. The lowest BCUT2D eigenvalue weighted by atomic mass is 9.46. The van der Waals surface area contributed by atoms with Gasteiger partial charge in [0.1, 0.15) is 18.0 Å². The number of alkyl halides is 1. The minimum absolute atomic E-state index is 0.0633. The third-order valence-corrected chi connectivity index (χ3v) is 8.93. The number of esters is 1. The first kappa shape index (κ1) is 24.0. The van der Waals surface area contributed by atoms with Crippen molar-refractivity contribution in [3.05, 3.63) is 35.6 Å². The molecule has 3 N–H and O–H groups in total. The van der Waals surface area contributed by atoms with Crippen LogP contribution in [0.3, 0.4) is 0 Å². The number of rotatable bonds is 4. The molecule has 0 bridgehead atoms. The molecule has 8 atom stereocenters. The van der Waals surface area contributed by atoms with Crippen LogP contribution in [-0.2, 0) is 19.1 Å². The summed E-state index contributed by atoms with van der Waals surface area (Å²) in [4.78, 5) is 37.0. The van der Waals surface area contributed by atoms with Crippen LogP contribution in [0.1, 0.15) is 47.0 Å². The van der Waals surface area contributed by atoms with Crippen molar-refractivity contribution in [3.63, 3.8) is 0 Å². The standard InChI is InChI=1S/C25H31FO7/c1-5-21(31)33-18-10-16-15-8-13(2)25(32,20(30)12-27)23(15,4)11-19(29)24(16,26)22(3)7-6-14(28)9-17(18)22/h6-7,9-10,13,15-16,19,27,29,32H,5,8,11-12H2,1-4H3/t13?,15-,16-,19?,22-,23-,24-,25-/m0/s1. The number of hydrogen-bond donors (Lipinski definition) is 3. The minimum Gasteiger partial charge on any atom is -0.427 e. The largest absolute Gasteiger partial charge is 0.427 e. The highest BCUT2D eigenvalue weighted by atomic mass is 19.1. The fourth-order valence-corrected chi connectivity index (χ4v) is 7.09. The van der Waals surface area contributed by atoms with Gasteiger partial charge in [-0.2, -0.15) is 0 Å². The average Bonchev–Trinajstić information content (AvgIpc) is 2.97. The molecule has 0 aromatic heterocycles. The first-order valence-corrected chi connectivity index (χ1v) is 11.4. The van der Waals surface area contributed by atoms with Gasteiger partial charge in [0.25, 0.3) is 0 Å². The molecule has 0 spiro atoms. The molecule has 2 fully saturated rings. The summed E-state index contributed by atoms with van der Waals surface area (Å²) < 4.78 is 22.8. The number of allylic oxidation sites excluding steroid dienone is 5. The summed E-state index contributed by atoms with van der Waals surface area (Å²) in [6, 6.07) is 0. The topological polar surface area (TPSA) is 121 Å². The zero-order chi connectivity index (χ0) is 24.6. The molecule has 4 rings (SSSR count). The van der Waals surface area contributed by atoms with Crippen molar-refractivity contribution in [1.29, 1.82) is 0 Å². The maximum atomic E-state index is 17.3. The Bertz CT molecular complexity index is 1010. The maximum Gasteiger partial charge on any atom is 0.310 e. The van der Waals surface area contributed by atoms with Crippen LogP contribution in [0.25, 0.3) is 0 Å². The molecular formula is C25H31FO7. The number of carbonyl (C=O) groups excluding carboxylic acids is 3. The number of aliphatic hydroxyl groups is 3. The van der Waals surface area contributed by atoms with E-state index < -0.39 is 64.3 Å². The molecule has 0 aliphatic heterocycles. The summed E-state index contributed by atoms with van der Waals surface area (Å²) in [6.07, 6.45) is 3.87. The van der Waals surface area contributed by atoms with Crippen molar-refractivity contribution in [2.24, 2.45) is 28.6 Å². The second-order valence-electron chi connectivity index (χ2n) is 10.4. The van der Waals surface area contributed by atoms with Gasteiger partial charge in [-0.1, -0.05) is 26.8 Å². The summed E-state index contributed by atoms with van der Waals surface area (Å²) in [5.41, 5.74) is -6.75. The first-order chi connectivity index (χ1) is 15.3. The lowest BCUT2D eigenvalue weighted by Crippen LogP contribution is -2.69. The van der Waals surface area contributed by atoms with E-state index in [-0.39, 0.29) is 36.4 Å². The molecule has 0 aromatic rings. The molecule has 7 nitrogen and oxygen atoms in total.